The predicted octanol–water partition coefficient (Wildman–Crippen LogP) is 2.22. The van der Waals surface area contributed by atoms with Gasteiger partial charge in [0.2, 0.25) is 5.91 Å². The molecule has 1 heterocycles. The van der Waals surface area contributed by atoms with E-state index in [-0.39, 0.29) is 24.4 Å². The van der Waals surface area contributed by atoms with E-state index in [1.165, 1.54) is 6.07 Å². The predicted molar refractivity (Wildman–Crippen MR) is 68.2 cm³/mol. The van der Waals surface area contributed by atoms with E-state index in [9.17, 15) is 13.6 Å². The second kappa shape index (κ2) is 5.25. The molecule has 1 fully saturated rings. The van der Waals surface area contributed by atoms with Crippen LogP contribution in [0.1, 0.15) is 31.9 Å². The maximum atomic E-state index is 13.3. The minimum Gasteiger partial charge on any atom is -0.334 e. The fraction of sp³-hybridized carbons (Fsp3) is 0.500. The van der Waals surface area contributed by atoms with Gasteiger partial charge in [-0.2, -0.15) is 0 Å². The largest absolute Gasteiger partial charge is 0.334 e. The van der Waals surface area contributed by atoms with Crippen LogP contribution in [0.4, 0.5) is 8.78 Å². The third kappa shape index (κ3) is 2.76. The normalized spacial score (nSPS) is 23.5. The molecule has 5 heteroatoms. The topological polar surface area (TPSA) is 46.3 Å². The van der Waals surface area contributed by atoms with Gasteiger partial charge in [0.1, 0.15) is 0 Å². The van der Waals surface area contributed by atoms with Crippen molar-refractivity contribution in [1.82, 2.24) is 4.90 Å². The average molecular weight is 268 g/mol. The number of hydrogen-bond donors (Lipinski definition) is 1. The van der Waals surface area contributed by atoms with Crippen molar-refractivity contribution < 1.29 is 13.6 Å². The van der Waals surface area contributed by atoms with Crippen molar-refractivity contribution in [2.45, 2.75) is 32.4 Å². The molecule has 1 aromatic rings. The molecule has 2 N–H and O–H groups in total. The van der Waals surface area contributed by atoms with Crippen molar-refractivity contribution in [2.24, 2.45) is 11.7 Å². The zero-order valence-electron chi connectivity index (χ0n) is 11.1. The first-order valence-corrected chi connectivity index (χ1v) is 6.40. The fourth-order valence-corrected chi connectivity index (χ4v) is 2.55. The molecule has 0 saturated carbocycles. The zero-order valence-corrected chi connectivity index (χ0v) is 11.1. The van der Waals surface area contributed by atoms with E-state index < -0.39 is 11.6 Å². The van der Waals surface area contributed by atoms with Crippen LogP contribution in [0.3, 0.4) is 0 Å². The van der Waals surface area contributed by atoms with Crippen LogP contribution in [-0.2, 0) is 4.79 Å². The lowest BCUT2D eigenvalue weighted by molar-refractivity contribution is -0.129. The third-order valence-electron chi connectivity index (χ3n) is 3.32. The number of carbonyl (C=O) groups excluding carboxylic acids is 1. The smallest absolute Gasteiger partial charge is 0.224 e. The number of amides is 1. The SMILES string of the molecule is CC(C)CN1C(=O)CC(N)C1c1ccc(F)c(F)c1. The first-order chi connectivity index (χ1) is 8.90. The Kier molecular flexibility index (Phi) is 3.85. The van der Waals surface area contributed by atoms with Gasteiger partial charge in [0.15, 0.2) is 11.6 Å². The van der Waals surface area contributed by atoms with Crippen LogP contribution in [0.25, 0.3) is 0 Å². The molecule has 1 aromatic carbocycles. The summed E-state index contributed by atoms with van der Waals surface area (Å²) in [6, 6.07) is 2.95. The molecule has 104 valence electrons. The molecule has 2 unspecified atom stereocenters. The lowest BCUT2D eigenvalue weighted by atomic mass is 10.00. The molecule has 1 aliphatic rings. The van der Waals surface area contributed by atoms with E-state index >= 15 is 0 Å². The Morgan fingerprint density at radius 1 is 1.37 bits per heavy atom. The van der Waals surface area contributed by atoms with Gasteiger partial charge in [-0.1, -0.05) is 19.9 Å². The molecule has 2 atom stereocenters. The van der Waals surface area contributed by atoms with Gasteiger partial charge in [-0.15, -0.1) is 0 Å². The number of nitrogens with zero attached hydrogens (tertiary/aromatic N) is 1. The number of nitrogens with two attached hydrogens (primary N) is 1. The first-order valence-electron chi connectivity index (χ1n) is 6.40. The highest BCUT2D eigenvalue weighted by Crippen LogP contribution is 2.33. The Bertz CT molecular complexity index is 490. The maximum Gasteiger partial charge on any atom is 0.224 e. The second-order valence-corrected chi connectivity index (χ2v) is 5.43. The summed E-state index contributed by atoms with van der Waals surface area (Å²) in [5, 5.41) is 0. The van der Waals surface area contributed by atoms with Crippen LogP contribution in [0.15, 0.2) is 18.2 Å². The highest BCUT2D eigenvalue weighted by atomic mass is 19.2. The Labute approximate surface area is 111 Å². The molecule has 3 nitrogen and oxygen atoms in total. The molecule has 1 amide bonds. The zero-order chi connectivity index (χ0) is 14.2. The van der Waals surface area contributed by atoms with Gasteiger partial charge in [-0.05, 0) is 23.6 Å². The number of hydrogen-bond acceptors (Lipinski definition) is 2. The quantitative estimate of drug-likeness (QED) is 0.913. The van der Waals surface area contributed by atoms with E-state index in [1.807, 2.05) is 13.8 Å². The lowest BCUT2D eigenvalue weighted by Gasteiger charge is -2.28. The maximum absolute atomic E-state index is 13.3. The monoisotopic (exact) mass is 268 g/mol. The van der Waals surface area contributed by atoms with Crippen molar-refractivity contribution in [3.63, 3.8) is 0 Å². The number of halogens is 2. The molecular formula is C14H18F2N2O. The van der Waals surface area contributed by atoms with Crippen molar-refractivity contribution in [3.8, 4) is 0 Å². The molecular weight excluding hydrogens is 250 g/mol. The number of benzene rings is 1. The second-order valence-electron chi connectivity index (χ2n) is 5.43. The molecule has 0 aromatic heterocycles. The number of rotatable bonds is 3. The van der Waals surface area contributed by atoms with Crippen LogP contribution in [0.2, 0.25) is 0 Å². The van der Waals surface area contributed by atoms with Crippen LogP contribution in [0.5, 0.6) is 0 Å². The fourth-order valence-electron chi connectivity index (χ4n) is 2.55. The Hall–Kier alpha value is -1.49. The van der Waals surface area contributed by atoms with Crippen LogP contribution >= 0.6 is 0 Å². The molecule has 19 heavy (non-hydrogen) atoms. The van der Waals surface area contributed by atoms with Crippen molar-refractivity contribution in [1.29, 1.82) is 0 Å². The van der Waals surface area contributed by atoms with Gasteiger partial charge in [-0.25, -0.2) is 8.78 Å². The van der Waals surface area contributed by atoms with E-state index in [0.717, 1.165) is 12.1 Å². The summed E-state index contributed by atoms with van der Waals surface area (Å²) >= 11 is 0. The highest BCUT2D eigenvalue weighted by Gasteiger charge is 2.38. The van der Waals surface area contributed by atoms with Gasteiger partial charge < -0.3 is 10.6 Å². The average Bonchev–Trinajstić information content (AvgIpc) is 2.57. The molecule has 1 aliphatic heterocycles. The van der Waals surface area contributed by atoms with Crippen molar-refractivity contribution in [2.75, 3.05) is 6.54 Å². The molecule has 0 bridgehead atoms. The van der Waals surface area contributed by atoms with Crippen LogP contribution in [0, 0.1) is 17.6 Å². The molecule has 1 saturated heterocycles. The minimum absolute atomic E-state index is 0.0315. The molecule has 0 radical (unpaired) electrons. The number of likely N-dealkylation sites (tertiary alicyclic amines) is 1. The molecule has 2 rings (SSSR count). The van der Waals surface area contributed by atoms with E-state index in [2.05, 4.69) is 0 Å². The summed E-state index contributed by atoms with van der Waals surface area (Å²) in [5.41, 5.74) is 6.53. The van der Waals surface area contributed by atoms with Crippen molar-refractivity contribution in [3.05, 3.63) is 35.4 Å². The lowest BCUT2D eigenvalue weighted by Crippen LogP contribution is -2.35. The minimum atomic E-state index is -0.909. The summed E-state index contributed by atoms with van der Waals surface area (Å²) in [4.78, 5) is 13.6. The summed E-state index contributed by atoms with van der Waals surface area (Å²) in [5.74, 6) is -1.54. The highest BCUT2D eigenvalue weighted by molar-refractivity contribution is 5.80. The van der Waals surface area contributed by atoms with E-state index in [0.29, 0.717) is 18.0 Å². The van der Waals surface area contributed by atoms with Gasteiger partial charge in [0.25, 0.3) is 0 Å². The number of carbonyl (C=O) groups is 1. The van der Waals surface area contributed by atoms with Gasteiger partial charge in [0, 0.05) is 19.0 Å². The first kappa shape index (κ1) is 13.9. The summed E-state index contributed by atoms with van der Waals surface area (Å²) < 4.78 is 26.3. The Balaban J connectivity index is 2.33. The Morgan fingerprint density at radius 2 is 2.05 bits per heavy atom. The van der Waals surface area contributed by atoms with E-state index in [1.54, 1.807) is 4.90 Å². The molecule has 0 aliphatic carbocycles. The van der Waals surface area contributed by atoms with E-state index in [4.69, 9.17) is 5.73 Å². The Morgan fingerprint density at radius 3 is 2.63 bits per heavy atom. The summed E-state index contributed by atoms with van der Waals surface area (Å²) in [7, 11) is 0. The molecule has 0 spiro atoms. The standard InChI is InChI=1S/C14H18F2N2O/c1-8(2)7-18-13(19)6-12(17)14(18)9-3-4-10(15)11(16)5-9/h3-5,8,12,14H,6-7,17H2,1-2H3. The van der Waals surface area contributed by atoms with Crippen LogP contribution < -0.4 is 5.73 Å². The summed E-state index contributed by atoms with van der Waals surface area (Å²) in [6.07, 6.45) is 0.246. The van der Waals surface area contributed by atoms with Gasteiger partial charge >= 0.3 is 0 Å². The third-order valence-corrected chi connectivity index (χ3v) is 3.32. The van der Waals surface area contributed by atoms with Crippen molar-refractivity contribution >= 4 is 5.91 Å². The van der Waals surface area contributed by atoms with Crippen LogP contribution in [-0.4, -0.2) is 23.4 Å². The summed E-state index contributed by atoms with van der Waals surface area (Å²) in [6.45, 7) is 4.56. The van der Waals surface area contributed by atoms with Gasteiger partial charge in [0.05, 0.1) is 6.04 Å². The van der Waals surface area contributed by atoms with Gasteiger partial charge in [-0.3, -0.25) is 4.79 Å².